The number of carbonyl (C=O) groups excluding carboxylic acids is 2. The molecule has 0 saturated carbocycles. The van der Waals surface area contributed by atoms with Crippen molar-refractivity contribution in [1.82, 2.24) is 10.2 Å². The summed E-state index contributed by atoms with van der Waals surface area (Å²) in [6, 6.07) is 6.87. The Bertz CT molecular complexity index is 813. The van der Waals surface area contributed by atoms with Crippen LogP contribution in [-0.4, -0.2) is 35.0 Å². The molecule has 1 saturated heterocycles. The second kappa shape index (κ2) is 7.14. The predicted octanol–water partition coefficient (Wildman–Crippen LogP) is 2.47. The first kappa shape index (κ1) is 17.3. The lowest BCUT2D eigenvalue weighted by atomic mass is 9.90. The van der Waals surface area contributed by atoms with Crippen LogP contribution in [0.5, 0.6) is 0 Å². The second-order valence-electron chi connectivity index (χ2n) is 5.92. The first-order valence-corrected chi connectivity index (χ1v) is 8.21. The first-order valence-electron chi connectivity index (χ1n) is 7.83. The molecule has 1 atom stereocenters. The molecule has 8 heteroatoms. The highest BCUT2D eigenvalue weighted by Crippen LogP contribution is 2.27. The number of anilines is 1. The van der Waals surface area contributed by atoms with E-state index < -0.39 is 5.91 Å². The normalized spacial score (nSPS) is 17.4. The topological polar surface area (TPSA) is 89.2 Å². The van der Waals surface area contributed by atoms with Crippen LogP contribution in [0.4, 0.5) is 10.2 Å². The van der Waals surface area contributed by atoms with Crippen LogP contribution < -0.4 is 10.6 Å². The molecule has 2 heterocycles. The van der Waals surface area contributed by atoms with Crippen LogP contribution in [0.2, 0.25) is 5.15 Å². The third kappa shape index (κ3) is 3.76. The van der Waals surface area contributed by atoms with E-state index in [4.69, 9.17) is 17.3 Å². The van der Waals surface area contributed by atoms with Gasteiger partial charge in [0.15, 0.2) is 16.8 Å². The maximum Gasteiger partial charge on any atom is 0.252 e. The fourth-order valence-electron chi connectivity index (χ4n) is 3.01. The Morgan fingerprint density at radius 3 is 2.64 bits per heavy atom. The first-order chi connectivity index (χ1) is 12.0. The Morgan fingerprint density at radius 1 is 1.24 bits per heavy atom. The van der Waals surface area contributed by atoms with E-state index in [1.54, 1.807) is 0 Å². The standard InChI is InChI=1S/C17H16ClFN4O2/c18-14-8-13(16(20)25)17(22-21-14)23-7-1-2-11(9-23)15(24)10-3-5-12(19)6-4-10/h3-6,8,11H,1-2,7,9H2,(H2,20,25). The third-order valence-electron chi connectivity index (χ3n) is 4.23. The van der Waals surface area contributed by atoms with Gasteiger partial charge in [-0.3, -0.25) is 9.59 Å². The highest BCUT2D eigenvalue weighted by atomic mass is 35.5. The van der Waals surface area contributed by atoms with Crippen molar-refractivity contribution < 1.29 is 14.0 Å². The number of hydrogen-bond acceptors (Lipinski definition) is 5. The molecule has 1 aromatic heterocycles. The van der Waals surface area contributed by atoms with Crippen molar-refractivity contribution in [2.45, 2.75) is 12.8 Å². The molecule has 0 bridgehead atoms. The van der Waals surface area contributed by atoms with E-state index in [-0.39, 0.29) is 28.2 Å². The third-order valence-corrected chi connectivity index (χ3v) is 4.42. The Kier molecular flexibility index (Phi) is 4.94. The summed E-state index contributed by atoms with van der Waals surface area (Å²) in [6.07, 6.45) is 1.46. The summed E-state index contributed by atoms with van der Waals surface area (Å²) in [5.74, 6) is -1.05. The molecule has 25 heavy (non-hydrogen) atoms. The number of primary amides is 1. The fourth-order valence-corrected chi connectivity index (χ4v) is 3.16. The molecule has 0 radical (unpaired) electrons. The Balaban J connectivity index is 1.83. The molecule has 2 aromatic rings. The van der Waals surface area contributed by atoms with Crippen LogP contribution in [0.25, 0.3) is 0 Å². The van der Waals surface area contributed by atoms with E-state index in [9.17, 15) is 14.0 Å². The molecule has 1 aromatic carbocycles. The number of Topliss-reactive ketones (excluding diaryl/α,β-unsaturated/α-hetero) is 1. The minimum absolute atomic E-state index is 0.0627. The summed E-state index contributed by atoms with van der Waals surface area (Å²) >= 11 is 5.79. The summed E-state index contributed by atoms with van der Waals surface area (Å²) in [7, 11) is 0. The van der Waals surface area contributed by atoms with E-state index >= 15 is 0 Å². The average Bonchev–Trinajstić information content (AvgIpc) is 2.61. The molecular weight excluding hydrogens is 347 g/mol. The van der Waals surface area contributed by atoms with Gasteiger partial charge in [-0.05, 0) is 43.2 Å². The van der Waals surface area contributed by atoms with Crippen molar-refractivity contribution >= 4 is 29.1 Å². The molecular formula is C17H16ClFN4O2. The Morgan fingerprint density at radius 2 is 1.96 bits per heavy atom. The van der Waals surface area contributed by atoms with Crippen molar-refractivity contribution in [2.24, 2.45) is 11.7 Å². The van der Waals surface area contributed by atoms with E-state index in [0.29, 0.717) is 30.9 Å². The summed E-state index contributed by atoms with van der Waals surface area (Å²) in [5.41, 5.74) is 6.03. The lowest BCUT2D eigenvalue weighted by Gasteiger charge is -2.33. The molecule has 6 nitrogen and oxygen atoms in total. The van der Waals surface area contributed by atoms with E-state index in [2.05, 4.69) is 10.2 Å². The molecule has 1 fully saturated rings. The van der Waals surface area contributed by atoms with E-state index in [1.165, 1.54) is 30.3 Å². The van der Waals surface area contributed by atoms with Gasteiger partial charge in [0, 0.05) is 24.6 Å². The quantitative estimate of drug-likeness (QED) is 0.844. The van der Waals surface area contributed by atoms with Crippen LogP contribution in [-0.2, 0) is 0 Å². The zero-order valence-corrected chi connectivity index (χ0v) is 14.0. The van der Waals surface area contributed by atoms with Gasteiger partial charge in [-0.25, -0.2) is 4.39 Å². The van der Waals surface area contributed by atoms with Gasteiger partial charge in [0.2, 0.25) is 0 Å². The Labute approximate surface area is 148 Å². The minimum atomic E-state index is -0.654. The molecule has 0 spiro atoms. The number of rotatable bonds is 4. The molecule has 0 aliphatic carbocycles. The van der Waals surface area contributed by atoms with Gasteiger partial charge in [-0.15, -0.1) is 10.2 Å². The number of amides is 1. The number of halogens is 2. The van der Waals surface area contributed by atoms with Crippen molar-refractivity contribution in [2.75, 3.05) is 18.0 Å². The van der Waals surface area contributed by atoms with Gasteiger partial charge in [-0.1, -0.05) is 11.6 Å². The largest absolute Gasteiger partial charge is 0.365 e. The van der Waals surface area contributed by atoms with E-state index in [1.807, 2.05) is 4.90 Å². The maximum absolute atomic E-state index is 13.0. The highest BCUT2D eigenvalue weighted by molar-refractivity contribution is 6.29. The Hall–Kier alpha value is -2.54. The summed E-state index contributed by atoms with van der Waals surface area (Å²) in [6.45, 7) is 1.01. The summed E-state index contributed by atoms with van der Waals surface area (Å²) in [5, 5.41) is 7.84. The zero-order chi connectivity index (χ0) is 18.0. The molecule has 1 aliphatic heterocycles. The summed E-state index contributed by atoms with van der Waals surface area (Å²) < 4.78 is 13.0. The van der Waals surface area contributed by atoms with Gasteiger partial charge in [0.05, 0.1) is 5.56 Å². The average molecular weight is 363 g/mol. The molecule has 1 unspecified atom stereocenters. The molecule has 1 amide bonds. The van der Waals surface area contributed by atoms with Crippen molar-refractivity contribution in [3.05, 3.63) is 52.4 Å². The maximum atomic E-state index is 13.0. The SMILES string of the molecule is NC(=O)c1cc(Cl)nnc1N1CCCC(C(=O)c2ccc(F)cc2)C1. The predicted molar refractivity (Wildman–Crippen MR) is 91.2 cm³/mol. The molecule has 130 valence electrons. The summed E-state index contributed by atoms with van der Waals surface area (Å²) in [4.78, 5) is 26.1. The number of piperidine rings is 1. The monoisotopic (exact) mass is 362 g/mol. The van der Waals surface area contributed by atoms with Crippen LogP contribution in [0, 0.1) is 11.7 Å². The number of hydrogen-bond donors (Lipinski definition) is 1. The molecule has 2 N–H and O–H groups in total. The van der Waals surface area contributed by atoms with Crippen LogP contribution in [0.1, 0.15) is 33.6 Å². The molecule has 3 rings (SSSR count). The van der Waals surface area contributed by atoms with Crippen molar-refractivity contribution in [1.29, 1.82) is 0 Å². The lowest BCUT2D eigenvalue weighted by molar-refractivity contribution is 0.0907. The van der Waals surface area contributed by atoms with Crippen molar-refractivity contribution in [3.63, 3.8) is 0 Å². The van der Waals surface area contributed by atoms with Gasteiger partial charge < -0.3 is 10.6 Å². The number of aromatic nitrogens is 2. The van der Waals surface area contributed by atoms with Gasteiger partial charge >= 0.3 is 0 Å². The lowest BCUT2D eigenvalue weighted by Crippen LogP contribution is -2.40. The second-order valence-corrected chi connectivity index (χ2v) is 6.31. The van der Waals surface area contributed by atoms with Crippen molar-refractivity contribution in [3.8, 4) is 0 Å². The minimum Gasteiger partial charge on any atom is -0.365 e. The number of benzene rings is 1. The molecule has 1 aliphatic rings. The zero-order valence-electron chi connectivity index (χ0n) is 13.3. The fraction of sp³-hybridized carbons (Fsp3) is 0.294. The van der Waals surface area contributed by atoms with Crippen LogP contribution in [0.3, 0.4) is 0 Å². The smallest absolute Gasteiger partial charge is 0.252 e. The number of nitrogens with zero attached hydrogens (tertiary/aromatic N) is 3. The van der Waals surface area contributed by atoms with Gasteiger partial charge in [-0.2, -0.15) is 0 Å². The van der Waals surface area contributed by atoms with Gasteiger partial charge in [0.1, 0.15) is 5.82 Å². The van der Waals surface area contributed by atoms with Gasteiger partial charge in [0.25, 0.3) is 5.91 Å². The van der Waals surface area contributed by atoms with Crippen LogP contribution >= 0.6 is 11.6 Å². The van der Waals surface area contributed by atoms with Crippen LogP contribution in [0.15, 0.2) is 30.3 Å². The van der Waals surface area contributed by atoms with E-state index in [0.717, 1.165) is 6.42 Å². The highest BCUT2D eigenvalue weighted by Gasteiger charge is 2.29. The number of ketones is 1. The number of nitrogens with two attached hydrogens (primary N) is 1. The number of carbonyl (C=O) groups is 2.